The van der Waals surface area contributed by atoms with E-state index in [1.54, 1.807) is 6.08 Å². The van der Waals surface area contributed by atoms with Crippen molar-refractivity contribution in [3.05, 3.63) is 48.6 Å². The minimum Gasteiger partial charge on any atom is -0.454 e. The highest BCUT2D eigenvalue weighted by atomic mass is 16.7. The van der Waals surface area contributed by atoms with E-state index in [9.17, 15) is 35.1 Å². The monoisotopic (exact) mass is 1190 g/mol. The summed E-state index contributed by atoms with van der Waals surface area (Å²) < 4.78 is 17.7. The Hall–Kier alpha value is -2.38. The Bertz CT molecular complexity index is 1550. The molecule has 0 saturated carbocycles. The first-order chi connectivity index (χ1) is 41.2. The van der Waals surface area contributed by atoms with Gasteiger partial charge in [0.15, 0.2) is 12.4 Å². The maximum atomic E-state index is 13.4. The molecule has 0 aliphatic carbocycles. The summed E-state index contributed by atoms with van der Waals surface area (Å²) in [6.07, 6.45) is 66.0. The number of carbonyl (C=O) groups is 2. The van der Waals surface area contributed by atoms with E-state index in [-0.39, 0.29) is 19.4 Å². The minimum atomic E-state index is -1.62. The molecule has 0 bridgehead atoms. The van der Waals surface area contributed by atoms with E-state index in [2.05, 4.69) is 62.5 Å². The van der Waals surface area contributed by atoms with Crippen LogP contribution in [0.15, 0.2) is 48.6 Å². The second-order valence-electron chi connectivity index (χ2n) is 25.0. The predicted octanol–water partition coefficient (Wildman–Crippen LogP) is 18.3. The second kappa shape index (κ2) is 60.9. The quantitative estimate of drug-likeness (QED) is 0.0195. The molecule has 0 aromatic rings. The fourth-order valence-electron chi connectivity index (χ4n) is 11.3. The van der Waals surface area contributed by atoms with Crippen LogP contribution >= 0.6 is 0 Å². The molecule has 1 heterocycles. The first-order valence-corrected chi connectivity index (χ1v) is 35.9. The Balaban J connectivity index is 2.53. The van der Waals surface area contributed by atoms with Crippen LogP contribution in [0, 0.1) is 0 Å². The van der Waals surface area contributed by atoms with Gasteiger partial charge < -0.3 is 45.1 Å². The van der Waals surface area contributed by atoms with Crippen LogP contribution in [0.2, 0.25) is 0 Å². The van der Waals surface area contributed by atoms with Crippen LogP contribution in [0.3, 0.4) is 0 Å². The zero-order valence-electron chi connectivity index (χ0n) is 54.8. The molecule has 8 unspecified atom stereocenters. The number of ether oxygens (including phenoxy) is 3. The van der Waals surface area contributed by atoms with Gasteiger partial charge in [0, 0.05) is 6.42 Å². The fourth-order valence-corrected chi connectivity index (χ4v) is 11.3. The SMILES string of the molecule is CCCCC/C=C\C/C=C\C/C=C\CCCCCC(O)C(=O)NC(COC1OC(CO)C(O)C(O)C1OC(=O)CCCCCCCCCCCCCCCCCCCCCCCCCCCCC)C(O)/C=C/CCCCCCCCCCCC. The van der Waals surface area contributed by atoms with E-state index in [1.807, 2.05) is 6.08 Å². The van der Waals surface area contributed by atoms with Crippen molar-refractivity contribution in [1.29, 1.82) is 0 Å². The van der Waals surface area contributed by atoms with E-state index in [0.717, 1.165) is 77.0 Å². The van der Waals surface area contributed by atoms with Crippen molar-refractivity contribution in [3.8, 4) is 0 Å². The Kier molecular flexibility index (Phi) is 57.7. The minimum absolute atomic E-state index is 0.125. The number of rotatable bonds is 62. The Labute approximate surface area is 516 Å². The van der Waals surface area contributed by atoms with E-state index < -0.39 is 67.4 Å². The van der Waals surface area contributed by atoms with Crippen LogP contribution in [0.25, 0.3) is 0 Å². The zero-order valence-corrected chi connectivity index (χ0v) is 54.8. The van der Waals surface area contributed by atoms with Gasteiger partial charge in [-0.25, -0.2) is 0 Å². The van der Waals surface area contributed by atoms with Crippen LogP contribution in [-0.4, -0.2) is 99.6 Å². The lowest BCUT2D eigenvalue weighted by atomic mass is 9.99. The molecule has 11 nitrogen and oxygen atoms in total. The maximum Gasteiger partial charge on any atom is 0.306 e. The first kappa shape index (κ1) is 79.6. The van der Waals surface area contributed by atoms with E-state index in [4.69, 9.17) is 14.2 Å². The van der Waals surface area contributed by atoms with Crippen molar-refractivity contribution >= 4 is 11.9 Å². The fraction of sp³-hybridized carbons (Fsp3) is 0.863. The molecule has 0 spiro atoms. The molecule has 0 radical (unpaired) electrons. The van der Waals surface area contributed by atoms with Gasteiger partial charge >= 0.3 is 5.97 Å². The van der Waals surface area contributed by atoms with E-state index in [0.29, 0.717) is 12.8 Å². The summed E-state index contributed by atoms with van der Waals surface area (Å²) in [6, 6.07) is -1.04. The lowest BCUT2D eigenvalue weighted by Gasteiger charge is -2.41. The molecule has 0 aromatic heterocycles. The van der Waals surface area contributed by atoms with Crippen LogP contribution < -0.4 is 5.32 Å². The highest BCUT2D eigenvalue weighted by molar-refractivity contribution is 5.80. The summed E-state index contributed by atoms with van der Waals surface area (Å²) in [5.41, 5.74) is 0. The molecule has 1 aliphatic rings. The molecule has 6 N–H and O–H groups in total. The summed E-state index contributed by atoms with van der Waals surface area (Å²) in [6.45, 7) is 5.79. The number of hydrogen-bond donors (Lipinski definition) is 6. The number of aliphatic hydroxyl groups excluding tert-OH is 5. The topological polar surface area (TPSA) is 175 Å². The summed E-state index contributed by atoms with van der Waals surface area (Å²) in [5.74, 6) is -1.20. The average molecular weight is 1190 g/mol. The molecule has 11 heteroatoms. The maximum absolute atomic E-state index is 13.4. The molecule has 1 rings (SSSR count). The predicted molar refractivity (Wildman–Crippen MR) is 352 cm³/mol. The molecule has 1 aliphatic heterocycles. The lowest BCUT2D eigenvalue weighted by molar-refractivity contribution is -0.305. The molecule has 1 amide bonds. The van der Waals surface area contributed by atoms with Crippen LogP contribution in [0.4, 0.5) is 0 Å². The van der Waals surface area contributed by atoms with Gasteiger partial charge in [-0.05, 0) is 64.2 Å². The average Bonchev–Trinajstić information content (AvgIpc) is 3.54. The van der Waals surface area contributed by atoms with Crippen LogP contribution in [0.1, 0.15) is 342 Å². The highest BCUT2D eigenvalue weighted by Gasteiger charge is 2.47. The molecule has 492 valence electrons. The van der Waals surface area contributed by atoms with Crippen LogP contribution in [-0.2, 0) is 23.8 Å². The summed E-state index contributed by atoms with van der Waals surface area (Å²) >= 11 is 0. The van der Waals surface area contributed by atoms with Crippen molar-refractivity contribution in [2.24, 2.45) is 0 Å². The zero-order chi connectivity index (χ0) is 61.0. The molecule has 1 saturated heterocycles. The molecule has 84 heavy (non-hydrogen) atoms. The van der Waals surface area contributed by atoms with Gasteiger partial charge in [0.25, 0.3) is 0 Å². The number of hydrogen-bond acceptors (Lipinski definition) is 10. The number of unbranched alkanes of at least 4 members (excludes halogenated alkanes) is 42. The lowest BCUT2D eigenvalue weighted by Crippen LogP contribution is -2.61. The summed E-state index contributed by atoms with van der Waals surface area (Å²) in [5, 5.41) is 57.1. The third-order valence-electron chi connectivity index (χ3n) is 17.0. The van der Waals surface area contributed by atoms with Crippen molar-refractivity contribution in [1.82, 2.24) is 5.32 Å². The summed E-state index contributed by atoms with van der Waals surface area (Å²) in [4.78, 5) is 26.6. The van der Waals surface area contributed by atoms with Gasteiger partial charge in [0.2, 0.25) is 5.91 Å². The van der Waals surface area contributed by atoms with Gasteiger partial charge in [-0.15, -0.1) is 0 Å². The van der Waals surface area contributed by atoms with Gasteiger partial charge in [-0.1, -0.05) is 320 Å². The molecular formula is C73H135NO10. The first-order valence-electron chi connectivity index (χ1n) is 35.9. The van der Waals surface area contributed by atoms with Crippen molar-refractivity contribution < 1.29 is 49.3 Å². The van der Waals surface area contributed by atoms with Crippen molar-refractivity contribution in [2.45, 2.75) is 391 Å². The Morgan fingerprint density at radius 3 is 1.25 bits per heavy atom. The number of esters is 1. The van der Waals surface area contributed by atoms with Crippen molar-refractivity contribution in [3.63, 3.8) is 0 Å². The summed E-state index contributed by atoms with van der Waals surface area (Å²) in [7, 11) is 0. The third-order valence-corrected chi connectivity index (χ3v) is 17.0. The van der Waals surface area contributed by atoms with E-state index >= 15 is 0 Å². The standard InChI is InChI=1S/C73H135NO10/c1-4-7-10-13-16-19-22-25-27-29-30-31-32-33-34-35-36-37-38-39-41-43-46-49-52-55-58-61-68(78)84-71-70(80)69(79)67(62-75)83-73(71)82-63-64(65(76)59-56-53-50-47-44-24-21-18-15-12-9-6-3)74-72(81)66(77)60-57-54-51-48-45-42-40-28-26-23-20-17-14-11-8-5-2/h17,20,26,28,42,45,56,59,64-67,69-71,73,75-77,79-80H,4-16,18-19,21-25,27,29-41,43-44,46-55,57-58,60-63H2,1-3H3,(H,74,81)/b20-17-,28-26-,45-42-,59-56+. The molecule has 8 atom stereocenters. The highest BCUT2D eigenvalue weighted by Crippen LogP contribution is 2.26. The van der Waals surface area contributed by atoms with Gasteiger partial charge in [0.05, 0.1) is 25.4 Å². The Morgan fingerprint density at radius 1 is 0.464 bits per heavy atom. The van der Waals surface area contributed by atoms with E-state index in [1.165, 1.54) is 218 Å². The van der Waals surface area contributed by atoms with Gasteiger partial charge in [0.1, 0.15) is 24.4 Å². The normalized spacial score (nSPS) is 18.7. The molecule has 0 aromatic carbocycles. The van der Waals surface area contributed by atoms with Gasteiger partial charge in [-0.3, -0.25) is 9.59 Å². The number of allylic oxidation sites excluding steroid dienone is 7. The number of carbonyl (C=O) groups excluding carboxylic acids is 2. The smallest absolute Gasteiger partial charge is 0.306 e. The molecular weight excluding hydrogens is 1050 g/mol. The number of nitrogens with one attached hydrogen (secondary N) is 1. The Morgan fingerprint density at radius 2 is 0.821 bits per heavy atom. The third kappa shape index (κ3) is 47.7. The largest absolute Gasteiger partial charge is 0.454 e. The number of amides is 1. The van der Waals surface area contributed by atoms with Crippen LogP contribution in [0.5, 0.6) is 0 Å². The van der Waals surface area contributed by atoms with Gasteiger partial charge in [-0.2, -0.15) is 0 Å². The molecule has 1 fully saturated rings. The van der Waals surface area contributed by atoms with Crippen molar-refractivity contribution in [2.75, 3.05) is 13.2 Å². The second-order valence-corrected chi connectivity index (χ2v) is 25.0. The number of aliphatic hydroxyl groups is 5.